The van der Waals surface area contributed by atoms with Crippen LogP contribution in [0.1, 0.15) is 233 Å². The summed E-state index contributed by atoms with van der Waals surface area (Å²) < 4.78 is 11.5. The van der Waals surface area contributed by atoms with Crippen LogP contribution < -0.4 is 10.6 Å². The highest BCUT2D eigenvalue weighted by Crippen LogP contribution is 2.23. The van der Waals surface area contributed by atoms with Gasteiger partial charge < -0.3 is 45.6 Å². The van der Waals surface area contributed by atoms with Gasteiger partial charge in [-0.2, -0.15) is 0 Å². The van der Waals surface area contributed by atoms with Crippen LogP contribution in [-0.2, 0) is 19.1 Å². The SMILES string of the molecule is CCCCCCCCC=CCCCCCCCCCCCCCC(=O)N[C@@H](COC1OC(CNC(C)=O)C(O)C(O)C1O)[C@H](O)[C@H](O)CCCCCCCCCCCCCC. The maximum Gasteiger partial charge on any atom is 0.220 e. The average Bonchev–Trinajstić information content (AvgIpc) is 3.24. The minimum atomic E-state index is -1.61. The summed E-state index contributed by atoms with van der Waals surface area (Å²) in [6, 6.07) is -1.00. The summed E-state index contributed by atoms with van der Waals surface area (Å²) in [4.78, 5) is 24.6. The van der Waals surface area contributed by atoms with Gasteiger partial charge in [-0.1, -0.05) is 193 Å². The van der Waals surface area contributed by atoms with E-state index in [1.54, 1.807) is 0 Å². The summed E-state index contributed by atoms with van der Waals surface area (Å²) in [6.07, 6.45) is 33.6. The van der Waals surface area contributed by atoms with Gasteiger partial charge >= 0.3 is 0 Å². The number of unbranched alkanes of at least 4 members (excludes halogenated alkanes) is 28. The van der Waals surface area contributed by atoms with Crippen molar-refractivity contribution in [1.82, 2.24) is 10.6 Å². The Morgan fingerprint density at radius 2 is 1.02 bits per heavy atom. The zero-order valence-corrected chi connectivity index (χ0v) is 39.4. The first-order valence-corrected chi connectivity index (χ1v) is 25.5. The fourth-order valence-corrected chi connectivity index (χ4v) is 8.22. The number of rotatable bonds is 42. The molecule has 0 aromatic rings. The van der Waals surface area contributed by atoms with Crippen molar-refractivity contribution in [2.24, 2.45) is 0 Å². The van der Waals surface area contributed by atoms with Crippen LogP contribution in [0.5, 0.6) is 0 Å². The fraction of sp³-hybridized carbons (Fsp3) is 0.920. The van der Waals surface area contributed by atoms with Crippen LogP contribution in [0.3, 0.4) is 0 Å². The quantitative estimate of drug-likeness (QED) is 0.0233. The highest BCUT2D eigenvalue weighted by molar-refractivity contribution is 5.76. The first kappa shape index (κ1) is 57.4. The van der Waals surface area contributed by atoms with Crippen molar-refractivity contribution in [2.75, 3.05) is 13.2 Å². The molecular formula is C50H96N2O9. The summed E-state index contributed by atoms with van der Waals surface area (Å²) in [5.74, 6) is -0.613. The predicted octanol–water partition coefficient (Wildman–Crippen LogP) is 9.62. The summed E-state index contributed by atoms with van der Waals surface area (Å²) in [5, 5.41) is 59.1. The molecule has 0 radical (unpaired) electrons. The zero-order valence-electron chi connectivity index (χ0n) is 39.4. The van der Waals surface area contributed by atoms with Gasteiger partial charge in [-0.15, -0.1) is 0 Å². The van der Waals surface area contributed by atoms with Crippen LogP contribution in [0.15, 0.2) is 12.2 Å². The van der Waals surface area contributed by atoms with E-state index in [4.69, 9.17) is 9.47 Å². The Hall–Kier alpha value is -1.60. The molecule has 11 heteroatoms. The minimum absolute atomic E-state index is 0.113. The van der Waals surface area contributed by atoms with E-state index < -0.39 is 49.0 Å². The molecule has 61 heavy (non-hydrogen) atoms. The van der Waals surface area contributed by atoms with E-state index in [0.29, 0.717) is 12.8 Å². The Bertz CT molecular complexity index is 1050. The third kappa shape index (κ3) is 31.0. The van der Waals surface area contributed by atoms with Crippen molar-refractivity contribution >= 4 is 11.8 Å². The molecule has 2 amide bonds. The minimum Gasteiger partial charge on any atom is -0.390 e. The van der Waals surface area contributed by atoms with Crippen LogP contribution in [-0.4, -0.2) is 99.5 Å². The van der Waals surface area contributed by atoms with Crippen LogP contribution in [0, 0.1) is 0 Å². The van der Waals surface area contributed by atoms with Crippen molar-refractivity contribution < 1.29 is 44.6 Å². The van der Waals surface area contributed by atoms with Crippen LogP contribution in [0.25, 0.3) is 0 Å². The maximum absolute atomic E-state index is 13.1. The molecule has 1 aliphatic heterocycles. The molecule has 5 unspecified atom stereocenters. The van der Waals surface area contributed by atoms with Gasteiger partial charge in [0.15, 0.2) is 6.29 Å². The normalized spacial score (nSPS) is 20.8. The molecule has 8 atom stereocenters. The van der Waals surface area contributed by atoms with E-state index in [9.17, 15) is 35.1 Å². The molecule has 0 bridgehead atoms. The lowest BCUT2D eigenvalue weighted by Gasteiger charge is -2.41. The van der Waals surface area contributed by atoms with E-state index in [0.717, 1.165) is 44.9 Å². The molecule has 0 aromatic carbocycles. The molecule has 11 nitrogen and oxygen atoms in total. The Morgan fingerprint density at radius 3 is 1.48 bits per heavy atom. The maximum atomic E-state index is 13.1. The topological polar surface area (TPSA) is 178 Å². The van der Waals surface area contributed by atoms with E-state index in [1.165, 1.54) is 155 Å². The number of nitrogens with one attached hydrogen (secondary N) is 2. The number of carbonyl (C=O) groups excluding carboxylic acids is 2. The highest BCUT2D eigenvalue weighted by atomic mass is 16.7. The zero-order chi connectivity index (χ0) is 44.8. The third-order valence-corrected chi connectivity index (χ3v) is 12.3. The molecule has 0 aromatic heterocycles. The largest absolute Gasteiger partial charge is 0.390 e. The van der Waals surface area contributed by atoms with E-state index >= 15 is 0 Å². The number of hydrogen-bond donors (Lipinski definition) is 7. The highest BCUT2D eigenvalue weighted by Gasteiger charge is 2.45. The molecule has 7 N–H and O–H groups in total. The van der Waals surface area contributed by atoms with Crippen LogP contribution >= 0.6 is 0 Å². The summed E-state index contributed by atoms with van der Waals surface area (Å²) >= 11 is 0. The van der Waals surface area contributed by atoms with Gasteiger partial charge in [0.25, 0.3) is 0 Å². The molecule has 0 aliphatic carbocycles. The Labute approximate surface area is 373 Å². The molecule has 360 valence electrons. The van der Waals surface area contributed by atoms with E-state index in [1.807, 2.05) is 0 Å². The second-order valence-corrected chi connectivity index (χ2v) is 18.2. The van der Waals surface area contributed by atoms with Gasteiger partial charge in [0.05, 0.1) is 18.8 Å². The molecule has 1 heterocycles. The average molecular weight is 869 g/mol. The van der Waals surface area contributed by atoms with Crippen molar-refractivity contribution in [3.05, 3.63) is 12.2 Å². The predicted molar refractivity (Wildman–Crippen MR) is 248 cm³/mol. The molecule has 1 fully saturated rings. The smallest absolute Gasteiger partial charge is 0.220 e. The lowest BCUT2D eigenvalue weighted by molar-refractivity contribution is -0.297. The van der Waals surface area contributed by atoms with Gasteiger partial charge in [0.2, 0.25) is 11.8 Å². The van der Waals surface area contributed by atoms with Gasteiger partial charge in [-0.05, 0) is 38.5 Å². The van der Waals surface area contributed by atoms with Gasteiger partial charge in [0.1, 0.15) is 30.5 Å². The molecular weight excluding hydrogens is 773 g/mol. The number of aliphatic hydroxyl groups is 5. The number of carbonyl (C=O) groups is 2. The Morgan fingerprint density at radius 1 is 0.590 bits per heavy atom. The van der Waals surface area contributed by atoms with Gasteiger partial charge in [-0.25, -0.2) is 0 Å². The van der Waals surface area contributed by atoms with Crippen LogP contribution in [0.4, 0.5) is 0 Å². The summed E-state index contributed by atoms with van der Waals surface area (Å²) in [5.41, 5.74) is 0. The lowest BCUT2D eigenvalue weighted by atomic mass is 9.98. The van der Waals surface area contributed by atoms with Crippen molar-refractivity contribution in [2.45, 2.75) is 282 Å². The molecule has 1 rings (SSSR count). The van der Waals surface area contributed by atoms with E-state index in [-0.39, 0.29) is 31.4 Å². The van der Waals surface area contributed by atoms with E-state index in [2.05, 4.69) is 36.6 Å². The van der Waals surface area contributed by atoms with Crippen LogP contribution in [0.2, 0.25) is 0 Å². The first-order valence-electron chi connectivity index (χ1n) is 25.5. The number of allylic oxidation sites excluding steroid dienone is 2. The molecule has 0 spiro atoms. The second kappa shape index (κ2) is 40.0. The molecule has 1 saturated heterocycles. The number of ether oxygens (including phenoxy) is 2. The van der Waals surface area contributed by atoms with Crippen molar-refractivity contribution in [3.8, 4) is 0 Å². The fourth-order valence-electron chi connectivity index (χ4n) is 8.22. The Kier molecular flexibility index (Phi) is 37.6. The summed E-state index contributed by atoms with van der Waals surface area (Å²) in [7, 11) is 0. The lowest BCUT2D eigenvalue weighted by Crippen LogP contribution is -2.61. The van der Waals surface area contributed by atoms with Gasteiger partial charge in [-0.3, -0.25) is 9.59 Å². The second-order valence-electron chi connectivity index (χ2n) is 18.2. The standard InChI is InChI=1S/C50H96N2O9/c1-4-6-8-10-12-14-16-18-19-20-21-22-23-24-25-26-28-30-32-34-36-38-45(55)52-42(40-60-50-49(59)48(58)47(57)44(61-50)39-51-41(3)53)46(56)43(54)37-35-33-31-29-27-17-15-13-11-9-7-5-2/h18-19,42-44,46-50,54,56-59H,4-17,20-40H2,1-3H3,(H,51,53)(H,52,55)/t42-,43+,44?,46-,47?,48?,49?,50?/m0/s1. The Balaban J connectivity index is 2.41. The van der Waals surface area contributed by atoms with Crippen molar-refractivity contribution in [3.63, 3.8) is 0 Å². The molecule has 0 saturated carbocycles. The third-order valence-electron chi connectivity index (χ3n) is 12.3. The first-order chi connectivity index (χ1) is 29.6. The monoisotopic (exact) mass is 869 g/mol. The van der Waals surface area contributed by atoms with Gasteiger partial charge in [0, 0.05) is 19.9 Å². The number of aliphatic hydroxyl groups excluding tert-OH is 5. The number of hydrogen-bond acceptors (Lipinski definition) is 9. The van der Waals surface area contributed by atoms with Crippen molar-refractivity contribution in [1.29, 1.82) is 0 Å². The molecule has 1 aliphatic rings. The summed E-state index contributed by atoms with van der Waals surface area (Å²) in [6.45, 7) is 5.39. The number of amides is 2.